The molecular weight excluding hydrogens is 406 g/mol. The van der Waals surface area contributed by atoms with Gasteiger partial charge >= 0.3 is 0 Å². The molecule has 0 saturated carbocycles. The van der Waals surface area contributed by atoms with Crippen LogP contribution in [0, 0.1) is 5.92 Å². The van der Waals surface area contributed by atoms with Gasteiger partial charge in [0.25, 0.3) is 0 Å². The molecule has 3 rings (SSSR count). The van der Waals surface area contributed by atoms with E-state index in [4.69, 9.17) is 17.3 Å². The fourth-order valence-electron chi connectivity index (χ4n) is 3.35. The van der Waals surface area contributed by atoms with Gasteiger partial charge in [0.1, 0.15) is 5.82 Å². The molecule has 4 N–H and O–H groups in total. The number of amides is 3. The van der Waals surface area contributed by atoms with Crippen LogP contribution in [-0.4, -0.2) is 47.2 Å². The lowest BCUT2D eigenvalue weighted by Gasteiger charge is -2.31. The average molecular weight is 430 g/mol. The summed E-state index contributed by atoms with van der Waals surface area (Å²) in [6.07, 6.45) is 3.49. The quantitative estimate of drug-likeness (QED) is 0.625. The molecule has 1 unspecified atom stereocenters. The van der Waals surface area contributed by atoms with E-state index in [2.05, 4.69) is 20.5 Å². The Morgan fingerprint density at radius 2 is 1.90 bits per heavy atom. The normalized spacial score (nSPS) is 16.6. The zero-order valence-electron chi connectivity index (χ0n) is 16.4. The van der Waals surface area contributed by atoms with E-state index < -0.39 is 5.91 Å². The number of nitrogens with zero attached hydrogens (tertiary/aromatic N) is 2. The van der Waals surface area contributed by atoms with Gasteiger partial charge in [-0.05, 0) is 55.8 Å². The van der Waals surface area contributed by atoms with Crippen LogP contribution in [0.5, 0.6) is 0 Å². The van der Waals surface area contributed by atoms with Crippen LogP contribution in [0.3, 0.4) is 0 Å². The number of piperidine rings is 1. The predicted octanol–water partition coefficient (Wildman–Crippen LogP) is 2.51. The van der Waals surface area contributed by atoms with Crippen LogP contribution in [0.25, 0.3) is 0 Å². The van der Waals surface area contributed by atoms with Crippen molar-refractivity contribution in [3.8, 4) is 0 Å². The number of rotatable bonds is 7. The van der Waals surface area contributed by atoms with Crippen LogP contribution >= 0.6 is 11.6 Å². The summed E-state index contributed by atoms with van der Waals surface area (Å²) in [5.74, 6) is -0.389. The monoisotopic (exact) mass is 429 g/mol. The van der Waals surface area contributed by atoms with E-state index in [0.717, 1.165) is 19.4 Å². The summed E-state index contributed by atoms with van der Waals surface area (Å²) in [6, 6.07) is 9.77. The second-order valence-electron chi connectivity index (χ2n) is 7.23. The number of benzene rings is 1. The van der Waals surface area contributed by atoms with Gasteiger partial charge in [0, 0.05) is 37.0 Å². The number of carbonyl (C=O) groups is 3. The third-order valence-corrected chi connectivity index (χ3v) is 5.19. The van der Waals surface area contributed by atoms with Crippen LogP contribution in [0.2, 0.25) is 5.02 Å². The minimum atomic E-state index is -0.511. The molecule has 0 spiro atoms. The largest absolute Gasteiger partial charge is 0.366 e. The van der Waals surface area contributed by atoms with E-state index in [1.165, 1.54) is 6.20 Å². The Balaban J connectivity index is 1.45. The number of likely N-dealkylation sites (tertiary alicyclic amines) is 1. The number of halogens is 1. The van der Waals surface area contributed by atoms with E-state index >= 15 is 0 Å². The van der Waals surface area contributed by atoms with Gasteiger partial charge in [0.15, 0.2) is 0 Å². The number of anilines is 2. The van der Waals surface area contributed by atoms with Gasteiger partial charge < -0.3 is 21.3 Å². The molecule has 8 nitrogen and oxygen atoms in total. The van der Waals surface area contributed by atoms with Crippen molar-refractivity contribution in [2.75, 3.05) is 30.3 Å². The summed E-state index contributed by atoms with van der Waals surface area (Å²) in [6.45, 7) is 2.01. The number of nitrogens with one attached hydrogen (secondary N) is 2. The predicted molar refractivity (Wildman–Crippen MR) is 115 cm³/mol. The van der Waals surface area contributed by atoms with Gasteiger partial charge in [0.2, 0.25) is 17.7 Å². The van der Waals surface area contributed by atoms with Gasteiger partial charge in [-0.3, -0.25) is 14.4 Å². The molecule has 0 radical (unpaired) electrons. The van der Waals surface area contributed by atoms with Crippen molar-refractivity contribution >= 4 is 40.8 Å². The number of primary amides is 1. The Morgan fingerprint density at radius 1 is 1.13 bits per heavy atom. The highest BCUT2D eigenvalue weighted by Gasteiger charge is 2.26. The molecule has 1 atom stereocenters. The first-order chi connectivity index (χ1) is 14.4. The molecule has 1 fully saturated rings. The van der Waals surface area contributed by atoms with Crippen LogP contribution < -0.4 is 16.4 Å². The van der Waals surface area contributed by atoms with Crippen LogP contribution in [-0.2, 0) is 9.59 Å². The molecule has 1 saturated heterocycles. The molecule has 158 valence electrons. The smallest absolute Gasteiger partial charge is 0.248 e. The topological polar surface area (TPSA) is 117 Å². The molecule has 30 heavy (non-hydrogen) atoms. The molecule has 1 aromatic heterocycles. The van der Waals surface area contributed by atoms with E-state index in [-0.39, 0.29) is 17.7 Å². The van der Waals surface area contributed by atoms with Crippen molar-refractivity contribution in [3.63, 3.8) is 0 Å². The highest BCUT2D eigenvalue weighted by atomic mass is 35.5. The molecule has 3 amide bonds. The lowest BCUT2D eigenvalue weighted by molar-refractivity contribution is -0.121. The van der Waals surface area contributed by atoms with E-state index in [1.54, 1.807) is 36.4 Å². The fourth-order valence-corrected chi connectivity index (χ4v) is 3.46. The van der Waals surface area contributed by atoms with Gasteiger partial charge in [-0.15, -0.1) is 0 Å². The van der Waals surface area contributed by atoms with Gasteiger partial charge in [-0.1, -0.05) is 11.6 Å². The number of carbonyl (C=O) groups excluding carboxylic acids is 3. The molecule has 9 heteroatoms. The zero-order valence-corrected chi connectivity index (χ0v) is 17.2. The fraction of sp³-hybridized carbons (Fsp3) is 0.333. The lowest BCUT2D eigenvalue weighted by Crippen LogP contribution is -2.41. The van der Waals surface area contributed by atoms with Crippen molar-refractivity contribution < 1.29 is 14.4 Å². The lowest BCUT2D eigenvalue weighted by atomic mass is 9.97. The maximum atomic E-state index is 12.5. The number of aromatic nitrogens is 1. The summed E-state index contributed by atoms with van der Waals surface area (Å²) >= 11 is 5.81. The number of hydrogen-bond acceptors (Lipinski definition) is 5. The van der Waals surface area contributed by atoms with E-state index in [0.29, 0.717) is 41.6 Å². The average Bonchev–Trinajstić information content (AvgIpc) is 2.74. The first-order valence-corrected chi connectivity index (χ1v) is 10.1. The van der Waals surface area contributed by atoms with Crippen molar-refractivity contribution in [1.29, 1.82) is 0 Å². The Labute approximate surface area is 179 Å². The Kier molecular flexibility index (Phi) is 7.37. The second kappa shape index (κ2) is 10.2. The second-order valence-corrected chi connectivity index (χ2v) is 7.67. The number of nitrogens with two attached hydrogens (primary N) is 1. The van der Waals surface area contributed by atoms with E-state index in [1.807, 2.05) is 0 Å². The van der Waals surface area contributed by atoms with Gasteiger partial charge in [0.05, 0.1) is 10.9 Å². The number of hydrogen-bond donors (Lipinski definition) is 3. The Morgan fingerprint density at radius 3 is 2.57 bits per heavy atom. The SMILES string of the molecule is NC(=O)c1ccc(NC(=O)CCN2CCCC(C(=O)Nc3ccc(Cl)cn3)C2)cc1. The minimum absolute atomic E-state index is 0.0754. The molecule has 1 aromatic carbocycles. The molecule has 0 aliphatic carbocycles. The first-order valence-electron chi connectivity index (χ1n) is 9.75. The maximum Gasteiger partial charge on any atom is 0.248 e. The third kappa shape index (κ3) is 6.27. The molecule has 2 heterocycles. The molecular formula is C21H24ClN5O3. The summed E-state index contributed by atoms with van der Waals surface area (Å²) in [4.78, 5) is 42.1. The summed E-state index contributed by atoms with van der Waals surface area (Å²) < 4.78 is 0. The molecule has 1 aliphatic rings. The van der Waals surface area contributed by atoms with E-state index in [9.17, 15) is 14.4 Å². The highest BCUT2D eigenvalue weighted by Crippen LogP contribution is 2.19. The van der Waals surface area contributed by atoms with Crippen LogP contribution in [0.15, 0.2) is 42.6 Å². The first kappa shape index (κ1) is 21.7. The standard InChI is InChI=1S/C21H24ClN5O3/c22-16-5-8-18(24-12-16)26-21(30)15-2-1-10-27(13-15)11-9-19(28)25-17-6-3-14(4-7-17)20(23)29/h3-8,12,15H,1-2,9-11,13H2,(H2,23,29)(H,25,28)(H,24,26,30). The summed E-state index contributed by atoms with van der Waals surface area (Å²) in [5.41, 5.74) is 6.20. The summed E-state index contributed by atoms with van der Waals surface area (Å²) in [7, 11) is 0. The molecule has 0 bridgehead atoms. The minimum Gasteiger partial charge on any atom is -0.366 e. The maximum absolute atomic E-state index is 12.5. The van der Waals surface area contributed by atoms with Crippen molar-refractivity contribution in [1.82, 2.24) is 9.88 Å². The van der Waals surface area contributed by atoms with Crippen LogP contribution in [0.4, 0.5) is 11.5 Å². The van der Waals surface area contributed by atoms with Gasteiger partial charge in [-0.2, -0.15) is 0 Å². The third-order valence-electron chi connectivity index (χ3n) is 4.96. The van der Waals surface area contributed by atoms with Crippen LogP contribution in [0.1, 0.15) is 29.6 Å². The Bertz CT molecular complexity index is 902. The van der Waals surface area contributed by atoms with Crippen molar-refractivity contribution in [3.05, 3.63) is 53.2 Å². The molecule has 1 aliphatic heterocycles. The van der Waals surface area contributed by atoms with Crippen molar-refractivity contribution in [2.24, 2.45) is 11.7 Å². The number of pyridine rings is 1. The highest BCUT2D eigenvalue weighted by molar-refractivity contribution is 6.30. The molecule has 2 aromatic rings. The van der Waals surface area contributed by atoms with Crippen molar-refractivity contribution in [2.45, 2.75) is 19.3 Å². The summed E-state index contributed by atoms with van der Waals surface area (Å²) in [5, 5.41) is 6.14. The zero-order chi connectivity index (χ0) is 21.5. The Hall–Kier alpha value is -2.97. The van der Waals surface area contributed by atoms with Gasteiger partial charge in [-0.25, -0.2) is 4.98 Å².